The third kappa shape index (κ3) is 13.9. The lowest BCUT2D eigenvalue weighted by Gasteiger charge is -2.30. The zero-order valence-electron chi connectivity index (χ0n) is 22.4. The monoisotopic (exact) mass is 563 g/mol. The highest BCUT2D eigenvalue weighted by Gasteiger charge is 2.61. The largest absolute Gasteiger partial charge is 0.481 e. The number of carboxylic acids is 3. The van der Waals surface area contributed by atoms with Crippen LogP contribution in [-0.4, -0.2) is 63.4 Å². The van der Waals surface area contributed by atoms with Crippen molar-refractivity contribution in [3.63, 3.8) is 0 Å². The molecule has 0 aliphatic rings. The smallest absolute Gasteiger partial charge is 0.329 e. The van der Waals surface area contributed by atoms with Crippen molar-refractivity contribution in [2.24, 2.45) is 5.92 Å². The molecule has 0 aromatic heterocycles. The van der Waals surface area contributed by atoms with Crippen LogP contribution in [0.4, 0.5) is 0 Å². The van der Waals surface area contributed by atoms with E-state index in [-0.39, 0.29) is 6.54 Å². The quantitative estimate of drug-likeness (QED) is 0.0637. The second-order valence-corrected chi connectivity index (χ2v) is 11.3. The van der Waals surface area contributed by atoms with Crippen LogP contribution in [0.25, 0.3) is 0 Å². The third-order valence-electron chi connectivity index (χ3n) is 6.50. The average Bonchev–Trinajstić information content (AvgIpc) is 2.81. The molecule has 220 valence electrons. The van der Waals surface area contributed by atoms with Gasteiger partial charge in [-0.05, 0) is 32.1 Å². The summed E-state index contributed by atoms with van der Waals surface area (Å²) in [5, 5.41) is 30.0. The van der Waals surface area contributed by atoms with E-state index in [0.29, 0.717) is 6.42 Å². The van der Waals surface area contributed by atoms with E-state index in [1.54, 1.807) is 0 Å². The Morgan fingerprint density at radius 2 is 1.26 bits per heavy atom. The maximum absolute atomic E-state index is 12.3. The molecular formula is C26H45NO10S. The van der Waals surface area contributed by atoms with Gasteiger partial charge in [0.25, 0.3) is 10.1 Å². The van der Waals surface area contributed by atoms with Crippen molar-refractivity contribution >= 4 is 33.9 Å². The average molecular weight is 564 g/mol. The van der Waals surface area contributed by atoms with E-state index in [1.165, 1.54) is 38.5 Å². The Kier molecular flexibility index (Phi) is 18.3. The molecule has 0 saturated heterocycles. The van der Waals surface area contributed by atoms with Crippen LogP contribution < -0.4 is 5.32 Å². The minimum absolute atomic E-state index is 0.0951. The molecule has 0 aliphatic heterocycles. The van der Waals surface area contributed by atoms with Crippen molar-refractivity contribution in [1.82, 2.24) is 5.32 Å². The van der Waals surface area contributed by atoms with Crippen molar-refractivity contribution in [2.75, 3.05) is 6.54 Å². The molecule has 0 aromatic carbocycles. The van der Waals surface area contributed by atoms with Gasteiger partial charge in [-0.15, -0.1) is 0 Å². The summed E-state index contributed by atoms with van der Waals surface area (Å²) in [5.74, 6) is -9.89. The zero-order valence-corrected chi connectivity index (χ0v) is 23.2. The number of carbonyl (C=O) groups is 4. The number of hydrogen-bond donors (Lipinski definition) is 5. The highest BCUT2D eigenvalue weighted by Crippen LogP contribution is 2.34. The summed E-state index contributed by atoms with van der Waals surface area (Å²) in [4.78, 5) is 46.6. The van der Waals surface area contributed by atoms with Crippen LogP contribution in [0.1, 0.15) is 110 Å². The van der Waals surface area contributed by atoms with Crippen molar-refractivity contribution in [2.45, 2.75) is 114 Å². The van der Waals surface area contributed by atoms with E-state index in [9.17, 15) is 42.4 Å². The van der Waals surface area contributed by atoms with Gasteiger partial charge in [0.2, 0.25) is 10.7 Å². The maximum Gasteiger partial charge on any atom is 0.329 e. The number of unbranched alkanes of at least 4 members (excludes halogenated alkanes) is 12. The molecule has 0 heterocycles. The Labute approximate surface area is 225 Å². The SMILES string of the molecule is CCCCCCCCC=CCCCCCCCCNC(=O)CC(C(=O)O)(C(CC(=O)O)C(=O)O)S(=O)(=O)O. The second kappa shape index (κ2) is 19.6. The molecule has 0 aromatic rings. The van der Waals surface area contributed by atoms with Crippen LogP contribution >= 0.6 is 0 Å². The lowest BCUT2D eigenvalue weighted by atomic mass is 9.85. The van der Waals surface area contributed by atoms with Crippen LogP contribution in [-0.2, 0) is 29.3 Å². The Morgan fingerprint density at radius 3 is 1.68 bits per heavy atom. The Balaban J connectivity index is 4.35. The van der Waals surface area contributed by atoms with Gasteiger partial charge in [0.05, 0.1) is 12.8 Å². The fourth-order valence-electron chi connectivity index (χ4n) is 4.26. The first-order valence-electron chi connectivity index (χ1n) is 13.5. The Morgan fingerprint density at radius 1 is 0.789 bits per heavy atom. The molecule has 0 radical (unpaired) electrons. The molecule has 2 unspecified atom stereocenters. The molecule has 5 N–H and O–H groups in total. The first-order valence-corrected chi connectivity index (χ1v) is 14.9. The van der Waals surface area contributed by atoms with Gasteiger partial charge < -0.3 is 20.6 Å². The fraction of sp³-hybridized carbons (Fsp3) is 0.769. The highest BCUT2D eigenvalue weighted by atomic mass is 32.2. The number of nitrogens with one attached hydrogen (secondary N) is 1. The van der Waals surface area contributed by atoms with Crippen LogP contribution in [0.3, 0.4) is 0 Å². The normalized spacial score (nSPS) is 14.2. The van der Waals surface area contributed by atoms with E-state index in [1.807, 2.05) is 0 Å². The predicted octanol–water partition coefficient (Wildman–Crippen LogP) is 4.42. The molecule has 0 fully saturated rings. The first kappa shape index (κ1) is 35.5. The number of amides is 1. The molecule has 0 bridgehead atoms. The molecule has 0 spiro atoms. The topological polar surface area (TPSA) is 195 Å². The summed E-state index contributed by atoms with van der Waals surface area (Å²) in [6.07, 6.45) is 17.0. The van der Waals surface area contributed by atoms with Crippen LogP contribution in [0.2, 0.25) is 0 Å². The number of hydrogen-bond acceptors (Lipinski definition) is 6. The van der Waals surface area contributed by atoms with E-state index in [0.717, 1.165) is 44.9 Å². The standard InChI is InChI=1S/C26H45NO10S/c1-2-3-4-5-6-7-8-9-10-11-12-13-14-15-16-17-18-27-22(28)20-26(25(33)34,38(35,36)37)21(24(31)32)19-23(29)30/h9-10,21H,2-8,11-20H2,1H3,(H,27,28)(H,29,30)(H,31,32)(H,33,34)(H,35,36,37). The molecule has 0 rings (SSSR count). The molecular weight excluding hydrogens is 518 g/mol. The Hall–Kier alpha value is -2.47. The van der Waals surface area contributed by atoms with E-state index < -0.39 is 57.4 Å². The zero-order chi connectivity index (χ0) is 29.0. The summed E-state index contributed by atoms with van der Waals surface area (Å²) < 4.78 is 29.9. The van der Waals surface area contributed by atoms with Gasteiger partial charge in [-0.1, -0.05) is 76.9 Å². The molecule has 1 amide bonds. The van der Waals surface area contributed by atoms with Gasteiger partial charge in [-0.25, -0.2) is 0 Å². The lowest BCUT2D eigenvalue weighted by molar-refractivity contribution is -0.156. The fourth-order valence-corrected chi connectivity index (χ4v) is 5.33. The summed E-state index contributed by atoms with van der Waals surface area (Å²) >= 11 is 0. The second-order valence-electron chi connectivity index (χ2n) is 9.62. The highest BCUT2D eigenvalue weighted by molar-refractivity contribution is 7.88. The van der Waals surface area contributed by atoms with Gasteiger partial charge in [0, 0.05) is 6.54 Å². The third-order valence-corrected chi connectivity index (χ3v) is 8.02. The summed E-state index contributed by atoms with van der Waals surface area (Å²) in [5.41, 5.74) is 0. The minimum Gasteiger partial charge on any atom is -0.481 e. The Bertz CT molecular complexity index is 871. The molecule has 11 nitrogen and oxygen atoms in total. The van der Waals surface area contributed by atoms with Gasteiger partial charge >= 0.3 is 17.9 Å². The van der Waals surface area contributed by atoms with Gasteiger partial charge in [0.1, 0.15) is 5.92 Å². The molecule has 12 heteroatoms. The van der Waals surface area contributed by atoms with Crippen molar-refractivity contribution < 1.29 is 47.5 Å². The molecule has 0 aliphatic carbocycles. The van der Waals surface area contributed by atoms with E-state index in [4.69, 9.17) is 5.11 Å². The predicted molar refractivity (Wildman–Crippen MR) is 142 cm³/mol. The number of allylic oxidation sites excluding steroid dienone is 2. The number of aliphatic carboxylic acids is 3. The lowest BCUT2D eigenvalue weighted by Crippen LogP contribution is -2.57. The molecule has 2 atom stereocenters. The van der Waals surface area contributed by atoms with Crippen LogP contribution in [0.5, 0.6) is 0 Å². The molecule has 0 saturated carbocycles. The van der Waals surface area contributed by atoms with E-state index >= 15 is 0 Å². The van der Waals surface area contributed by atoms with Crippen molar-refractivity contribution in [3.05, 3.63) is 12.2 Å². The summed E-state index contributed by atoms with van der Waals surface area (Å²) in [6, 6.07) is 0. The van der Waals surface area contributed by atoms with Gasteiger partial charge in [-0.2, -0.15) is 8.42 Å². The molecule has 38 heavy (non-hydrogen) atoms. The van der Waals surface area contributed by atoms with Gasteiger partial charge in [0.15, 0.2) is 0 Å². The number of carboxylic acid groups (broad SMARTS) is 3. The number of carbonyl (C=O) groups excluding carboxylic acids is 1. The van der Waals surface area contributed by atoms with Gasteiger partial charge in [-0.3, -0.25) is 23.7 Å². The van der Waals surface area contributed by atoms with Crippen molar-refractivity contribution in [1.29, 1.82) is 0 Å². The number of rotatable bonds is 24. The van der Waals surface area contributed by atoms with E-state index in [2.05, 4.69) is 24.4 Å². The minimum atomic E-state index is -5.68. The summed E-state index contributed by atoms with van der Waals surface area (Å²) in [7, 11) is -5.68. The first-order chi connectivity index (χ1) is 17.9. The van der Waals surface area contributed by atoms with Crippen molar-refractivity contribution in [3.8, 4) is 0 Å². The maximum atomic E-state index is 12.3. The van der Waals surface area contributed by atoms with Crippen LogP contribution in [0, 0.1) is 5.92 Å². The van der Waals surface area contributed by atoms with Crippen LogP contribution in [0.15, 0.2) is 12.2 Å². The summed E-state index contributed by atoms with van der Waals surface area (Å²) in [6.45, 7) is 2.31.